The summed E-state index contributed by atoms with van der Waals surface area (Å²) in [5, 5.41) is 3.59. The van der Waals surface area contributed by atoms with Crippen molar-refractivity contribution in [2.24, 2.45) is 0 Å². The van der Waals surface area contributed by atoms with Crippen LogP contribution in [0.15, 0.2) is 71.2 Å². The number of ether oxygens (including phenoxy) is 3. The second-order valence-electron chi connectivity index (χ2n) is 10.5. The van der Waals surface area contributed by atoms with Gasteiger partial charge in [0.05, 0.1) is 12.6 Å². The number of methoxy groups -OCH3 is 1. The number of carbonyl (C=O) groups excluding carboxylic acids is 1. The molecule has 0 atom stereocenters. The van der Waals surface area contributed by atoms with E-state index in [0.29, 0.717) is 23.0 Å². The highest BCUT2D eigenvalue weighted by Crippen LogP contribution is 2.43. The van der Waals surface area contributed by atoms with Gasteiger partial charge >= 0.3 is 5.97 Å². The third-order valence-electron chi connectivity index (χ3n) is 6.88. The highest BCUT2D eigenvalue weighted by molar-refractivity contribution is 5.90. The fourth-order valence-corrected chi connectivity index (χ4v) is 5.14. The van der Waals surface area contributed by atoms with Crippen LogP contribution < -0.4 is 19.5 Å². The molecule has 0 fully saturated rings. The van der Waals surface area contributed by atoms with Gasteiger partial charge in [-0.25, -0.2) is 9.18 Å². The van der Waals surface area contributed by atoms with E-state index in [2.05, 4.69) is 32.2 Å². The molecule has 206 valence electrons. The maximum atomic E-state index is 14.0. The van der Waals surface area contributed by atoms with Crippen molar-refractivity contribution in [1.29, 1.82) is 0 Å². The molecule has 0 saturated carbocycles. The fourth-order valence-electron chi connectivity index (χ4n) is 5.14. The van der Waals surface area contributed by atoms with E-state index in [1.807, 2.05) is 25.1 Å². The summed E-state index contributed by atoms with van der Waals surface area (Å²) in [7, 11) is 1.57. The van der Waals surface area contributed by atoms with E-state index >= 15 is 0 Å². The van der Waals surface area contributed by atoms with Crippen LogP contribution in [0, 0.1) is 19.7 Å². The van der Waals surface area contributed by atoms with E-state index in [-0.39, 0.29) is 23.7 Å². The molecule has 0 bridgehead atoms. The molecule has 1 N–H and O–H groups in total. The van der Waals surface area contributed by atoms with Gasteiger partial charge in [0.1, 0.15) is 35.4 Å². The van der Waals surface area contributed by atoms with Crippen molar-refractivity contribution in [3.8, 4) is 28.4 Å². The molecule has 0 unspecified atom stereocenters. The van der Waals surface area contributed by atoms with E-state index in [9.17, 15) is 9.18 Å². The van der Waals surface area contributed by atoms with Crippen molar-refractivity contribution < 1.29 is 27.8 Å². The molecule has 0 radical (unpaired) electrons. The van der Waals surface area contributed by atoms with Gasteiger partial charge in [-0.1, -0.05) is 18.2 Å². The van der Waals surface area contributed by atoms with Crippen LogP contribution in [0.1, 0.15) is 53.8 Å². The lowest BCUT2D eigenvalue weighted by molar-refractivity contribution is 0.0699. The first-order valence-corrected chi connectivity index (χ1v) is 13.0. The van der Waals surface area contributed by atoms with Gasteiger partial charge in [-0.2, -0.15) is 0 Å². The summed E-state index contributed by atoms with van der Waals surface area (Å²) >= 11 is 0. The number of hydrogen-bond donors (Lipinski definition) is 1. The van der Waals surface area contributed by atoms with Gasteiger partial charge in [0.15, 0.2) is 0 Å². The van der Waals surface area contributed by atoms with Crippen LogP contribution in [-0.4, -0.2) is 18.6 Å². The zero-order valence-corrected chi connectivity index (χ0v) is 23.5. The van der Waals surface area contributed by atoms with Gasteiger partial charge in [0.25, 0.3) is 0 Å². The van der Waals surface area contributed by atoms with Crippen molar-refractivity contribution in [3.63, 3.8) is 0 Å². The molecule has 0 spiro atoms. The highest BCUT2D eigenvalue weighted by Gasteiger charge is 2.27. The first kappa shape index (κ1) is 27.1. The van der Waals surface area contributed by atoms with Crippen LogP contribution in [0.2, 0.25) is 0 Å². The Morgan fingerprint density at radius 2 is 1.73 bits per heavy atom. The Kier molecular flexibility index (Phi) is 7.15. The van der Waals surface area contributed by atoms with Crippen LogP contribution in [0.5, 0.6) is 17.2 Å². The fraction of sp³-hybridized carbons (Fsp3) is 0.242. The van der Waals surface area contributed by atoms with E-state index in [1.54, 1.807) is 44.4 Å². The van der Waals surface area contributed by atoms with Gasteiger partial charge in [-0.15, -0.1) is 0 Å². The summed E-state index contributed by atoms with van der Waals surface area (Å²) in [5.74, 6) is 1.13. The Bertz CT molecular complexity index is 1630. The molecule has 1 aromatic heterocycles. The third kappa shape index (κ3) is 5.45. The topological polar surface area (TPSA) is 69.9 Å². The monoisotopic (exact) mass is 541 g/mol. The molecule has 0 aliphatic carbocycles. The summed E-state index contributed by atoms with van der Waals surface area (Å²) in [6, 6.07) is 17.1. The molecule has 5 rings (SSSR count). The SMILES string of the molecule is COc1cc(OC(=O)c2ccc(C)o2)ccc1-c1ccc2c(c1COc1cc(F)ccc1C)C(C)=CC(C)(C)N2. The van der Waals surface area contributed by atoms with Crippen molar-refractivity contribution in [3.05, 3.63) is 101 Å². The second kappa shape index (κ2) is 10.6. The number of carbonyl (C=O) groups is 1. The minimum absolute atomic E-state index is 0.125. The molecule has 0 amide bonds. The summed E-state index contributed by atoms with van der Waals surface area (Å²) in [6.07, 6.45) is 2.19. The van der Waals surface area contributed by atoms with Crippen molar-refractivity contribution in [1.82, 2.24) is 0 Å². The predicted octanol–water partition coefficient (Wildman–Crippen LogP) is 8.12. The third-order valence-corrected chi connectivity index (χ3v) is 6.88. The zero-order valence-electron chi connectivity index (χ0n) is 23.5. The molecule has 6 nitrogen and oxygen atoms in total. The quantitative estimate of drug-likeness (QED) is 0.188. The summed E-state index contributed by atoms with van der Waals surface area (Å²) < 4.78 is 36.9. The minimum Gasteiger partial charge on any atom is -0.496 e. The van der Waals surface area contributed by atoms with Crippen LogP contribution >= 0.6 is 0 Å². The van der Waals surface area contributed by atoms with Crippen LogP contribution in [-0.2, 0) is 6.61 Å². The van der Waals surface area contributed by atoms with E-state index < -0.39 is 5.97 Å². The van der Waals surface area contributed by atoms with Gasteiger partial charge in [-0.05, 0) is 87.7 Å². The molecule has 4 aromatic rings. The van der Waals surface area contributed by atoms with Crippen LogP contribution in [0.25, 0.3) is 16.7 Å². The second-order valence-corrected chi connectivity index (χ2v) is 10.5. The Morgan fingerprint density at radius 1 is 0.950 bits per heavy atom. The summed E-state index contributed by atoms with van der Waals surface area (Å²) in [4.78, 5) is 12.5. The van der Waals surface area contributed by atoms with Gasteiger partial charge in [-0.3, -0.25) is 0 Å². The molecule has 1 aliphatic heterocycles. The molecule has 7 heteroatoms. The maximum absolute atomic E-state index is 14.0. The van der Waals surface area contributed by atoms with Crippen LogP contribution in [0.4, 0.5) is 10.1 Å². The predicted molar refractivity (Wildman–Crippen MR) is 154 cm³/mol. The molecule has 1 aliphatic rings. The summed E-state index contributed by atoms with van der Waals surface area (Å²) in [5.41, 5.74) is 6.35. The lowest BCUT2D eigenvalue weighted by Crippen LogP contribution is -2.32. The Morgan fingerprint density at radius 3 is 2.45 bits per heavy atom. The number of halogens is 1. The Labute approximate surface area is 233 Å². The largest absolute Gasteiger partial charge is 0.496 e. The number of esters is 1. The van der Waals surface area contributed by atoms with E-state index in [0.717, 1.165) is 39.1 Å². The molecular formula is C33H32FNO5. The van der Waals surface area contributed by atoms with E-state index in [1.165, 1.54) is 12.1 Å². The number of fused-ring (bicyclic) bond motifs is 1. The normalized spacial score (nSPS) is 13.6. The van der Waals surface area contributed by atoms with Crippen LogP contribution in [0.3, 0.4) is 0 Å². The lowest BCUT2D eigenvalue weighted by atomic mass is 9.85. The smallest absolute Gasteiger partial charge is 0.379 e. The molecule has 0 saturated heterocycles. The van der Waals surface area contributed by atoms with E-state index in [4.69, 9.17) is 18.6 Å². The first-order chi connectivity index (χ1) is 19.0. The Balaban J connectivity index is 1.56. The average Bonchev–Trinajstić information content (AvgIpc) is 3.34. The highest BCUT2D eigenvalue weighted by atomic mass is 19.1. The van der Waals surface area contributed by atoms with Crippen molar-refractivity contribution in [2.45, 2.75) is 46.8 Å². The molecule has 40 heavy (non-hydrogen) atoms. The number of furan rings is 1. The number of hydrogen-bond acceptors (Lipinski definition) is 6. The number of anilines is 1. The first-order valence-electron chi connectivity index (χ1n) is 13.0. The Hall–Kier alpha value is -4.52. The maximum Gasteiger partial charge on any atom is 0.379 e. The lowest BCUT2D eigenvalue weighted by Gasteiger charge is -2.33. The molecule has 2 heterocycles. The number of benzene rings is 3. The number of allylic oxidation sites excluding steroid dienone is 1. The summed E-state index contributed by atoms with van der Waals surface area (Å²) in [6.45, 7) is 10.2. The number of nitrogens with one attached hydrogen (secondary N) is 1. The average molecular weight is 542 g/mol. The zero-order chi connectivity index (χ0) is 28.6. The van der Waals surface area contributed by atoms with Gasteiger partial charge < -0.3 is 23.9 Å². The minimum atomic E-state index is -0.592. The van der Waals surface area contributed by atoms with Gasteiger partial charge in [0, 0.05) is 34.5 Å². The van der Waals surface area contributed by atoms with Crippen molar-refractivity contribution in [2.75, 3.05) is 12.4 Å². The van der Waals surface area contributed by atoms with Crippen molar-refractivity contribution >= 4 is 17.2 Å². The number of aryl methyl sites for hydroxylation is 2. The molecule has 3 aromatic carbocycles. The van der Waals surface area contributed by atoms with Gasteiger partial charge in [0.2, 0.25) is 5.76 Å². The standard InChI is InChI=1S/C33H32FNO5/c1-19-7-9-22(34)15-29(19)38-18-26-24(12-13-27-31(26)20(2)17-33(4,5)35-27)25-11-10-23(16-30(25)37-6)40-32(36)28-14-8-21(3)39-28/h7-17,35H,18H2,1-6H3. The molecular weight excluding hydrogens is 509 g/mol. The number of rotatable bonds is 7.